The van der Waals surface area contributed by atoms with Gasteiger partial charge in [0, 0.05) is 37.5 Å². The Morgan fingerprint density at radius 3 is 3.00 bits per heavy atom. The minimum atomic E-state index is 0.121. The Kier molecular flexibility index (Phi) is 5.00. The van der Waals surface area contributed by atoms with Gasteiger partial charge in [-0.1, -0.05) is 0 Å². The second-order valence-corrected chi connectivity index (χ2v) is 6.70. The van der Waals surface area contributed by atoms with Crippen LogP contribution in [0.25, 0.3) is 5.65 Å². The lowest BCUT2D eigenvalue weighted by molar-refractivity contribution is -0.133. The zero-order valence-electron chi connectivity index (χ0n) is 14.7. The molecular weight excluding hydrogens is 318 g/mol. The molecule has 0 radical (unpaired) electrons. The van der Waals surface area contributed by atoms with Gasteiger partial charge in [-0.15, -0.1) is 0 Å². The summed E-state index contributed by atoms with van der Waals surface area (Å²) in [7, 11) is 0. The number of carbonyl (C=O) groups is 1. The van der Waals surface area contributed by atoms with Gasteiger partial charge >= 0.3 is 0 Å². The van der Waals surface area contributed by atoms with E-state index in [1.807, 2.05) is 18.7 Å². The van der Waals surface area contributed by atoms with E-state index >= 15 is 0 Å². The fourth-order valence-electron chi connectivity index (χ4n) is 3.58. The number of nitrogens with zero attached hydrogens (tertiary/aromatic N) is 5. The number of likely N-dealkylation sites (tertiary alicyclic amines) is 1. The van der Waals surface area contributed by atoms with E-state index in [2.05, 4.69) is 16.2 Å². The van der Waals surface area contributed by atoms with E-state index in [0.717, 1.165) is 36.3 Å². The molecule has 1 amide bonds. The second-order valence-electron chi connectivity index (χ2n) is 6.70. The lowest BCUT2D eigenvalue weighted by atomic mass is 9.98. The molecule has 1 saturated heterocycles. The minimum absolute atomic E-state index is 0.121. The van der Waals surface area contributed by atoms with E-state index in [4.69, 9.17) is 5.26 Å². The van der Waals surface area contributed by atoms with E-state index < -0.39 is 0 Å². The first-order valence-corrected chi connectivity index (χ1v) is 8.67. The lowest BCUT2D eigenvalue weighted by Crippen LogP contribution is -2.41. The number of fused-ring (bicyclic) bond motifs is 1. The number of hydrogen-bond acceptors (Lipinski definition) is 5. The molecule has 1 N–H and O–H groups in total. The zero-order valence-corrected chi connectivity index (χ0v) is 14.7. The molecule has 2 aromatic rings. The van der Waals surface area contributed by atoms with Crippen molar-refractivity contribution in [2.24, 2.45) is 5.92 Å². The normalized spacial score (nSPS) is 17.7. The molecule has 0 spiro atoms. The molecule has 1 aliphatic rings. The molecule has 0 saturated carbocycles. The number of aliphatic hydroxyl groups is 1. The van der Waals surface area contributed by atoms with Crippen LogP contribution in [0.2, 0.25) is 0 Å². The number of piperidine rings is 1. The first kappa shape index (κ1) is 17.4. The number of hydrogen-bond donors (Lipinski definition) is 1. The maximum absolute atomic E-state index is 12.5. The first-order valence-electron chi connectivity index (χ1n) is 8.67. The Hall–Kier alpha value is -2.46. The summed E-state index contributed by atoms with van der Waals surface area (Å²) in [5, 5.41) is 22.7. The van der Waals surface area contributed by atoms with Crippen molar-refractivity contribution in [3.8, 4) is 6.07 Å². The van der Waals surface area contributed by atoms with Crippen LogP contribution in [0.1, 0.15) is 41.8 Å². The predicted molar refractivity (Wildman–Crippen MR) is 91.9 cm³/mol. The summed E-state index contributed by atoms with van der Waals surface area (Å²) < 4.78 is 1.67. The van der Waals surface area contributed by atoms with Crippen molar-refractivity contribution < 1.29 is 9.90 Å². The third-order valence-corrected chi connectivity index (χ3v) is 5.05. The molecule has 1 aliphatic heterocycles. The molecule has 1 atom stereocenters. The number of aliphatic hydroxyl groups excluding tert-OH is 1. The molecule has 132 valence electrons. The first-order chi connectivity index (χ1) is 12.0. The van der Waals surface area contributed by atoms with Crippen LogP contribution in [-0.4, -0.2) is 50.2 Å². The highest BCUT2D eigenvalue weighted by molar-refractivity contribution is 5.76. The van der Waals surface area contributed by atoms with Gasteiger partial charge in [0.25, 0.3) is 0 Å². The monoisotopic (exact) mass is 341 g/mol. The molecule has 1 unspecified atom stereocenters. The summed E-state index contributed by atoms with van der Waals surface area (Å²) in [6.07, 6.45) is 4.47. The van der Waals surface area contributed by atoms with E-state index in [1.165, 1.54) is 6.20 Å². The van der Waals surface area contributed by atoms with Crippen LogP contribution in [-0.2, 0) is 11.2 Å². The fraction of sp³-hybridized carbons (Fsp3) is 0.556. The number of aryl methyl sites for hydroxylation is 2. The van der Waals surface area contributed by atoms with Crippen LogP contribution in [0, 0.1) is 31.1 Å². The van der Waals surface area contributed by atoms with Gasteiger partial charge in [-0.05, 0) is 44.6 Å². The van der Waals surface area contributed by atoms with Crippen LogP contribution < -0.4 is 0 Å². The molecule has 25 heavy (non-hydrogen) atoms. The van der Waals surface area contributed by atoms with E-state index in [-0.39, 0.29) is 18.4 Å². The average molecular weight is 341 g/mol. The molecule has 7 heteroatoms. The number of aromatic nitrogens is 3. The van der Waals surface area contributed by atoms with Crippen LogP contribution in [0.5, 0.6) is 0 Å². The van der Waals surface area contributed by atoms with Gasteiger partial charge in [0.1, 0.15) is 11.6 Å². The Morgan fingerprint density at radius 2 is 2.28 bits per heavy atom. The van der Waals surface area contributed by atoms with E-state index in [0.29, 0.717) is 30.6 Å². The summed E-state index contributed by atoms with van der Waals surface area (Å²) in [4.78, 5) is 18.9. The molecule has 3 rings (SSSR count). The maximum Gasteiger partial charge on any atom is 0.222 e. The average Bonchev–Trinajstić information content (AvgIpc) is 3.04. The Bertz CT molecular complexity index is 836. The van der Waals surface area contributed by atoms with Crippen molar-refractivity contribution in [2.45, 2.75) is 39.5 Å². The van der Waals surface area contributed by atoms with Crippen LogP contribution in [0.3, 0.4) is 0 Å². The summed E-state index contributed by atoms with van der Waals surface area (Å²) in [5.41, 5.74) is 3.78. The van der Waals surface area contributed by atoms with Crippen LogP contribution >= 0.6 is 0 Å². The van der Waals surface area contributed by atoms with Crippen molar-refractivity contribution in [2.75, 3.05) is 19.7 Å². The highest BCUT2D eigenvalue weighted by Gasteiger charge is 2.23. The number of rotatable bonds is 4. The number of nitriles is 1. The highest BCUT2D eigenvalue weighted by Crippen LogP contribution is 2.20. The summed E-state index contributed by atoms with van der Waals surface area (Å²) in [5.74, 6) is 0.322. The Labute approximate surface area is 146 Å². The van der Waals surface area contributed by atoms with Crippen molar-refractivity contribution in [1.82, 2.24) is 19.5 Å². The largest absolute Gasteiger partial charge is 0.396 e. The number of carbonyl (C=O) groups excluding carboxylic acids is 1. The summed E-state index contributed by atoms with van der Waals surface area (Å²) in [6, 6.07) is 2.10. The molecule has 0 aliphatic carbocycles. The third kappa shape index (κ3) is 3.35. The van der Waals surface area contributed by atoms with Gasteiger partial charge in [-0.25, -0.2) is 9.50 Å². The van der Waals surface area contributed by atoms with Crippen molar-refractivity contribution in [1.29, 1.82) is 5.26 Å². The van der Waals surface area contributed by atoms with Crippen LogP contribution in [0.4, 0.5) is 0 Å². The quantitative estimate of drug-likeness (QED) is 0.906. The highest BCUT2D eigenvalue weighted by atomic mass is 16.3. The summed E-state index contributed by atoms with van der Waals surface area (Å²) >= 11 is 0. The topological polar surface area (TPSA) is 94.5 Å². The minimum Gasteiger partial charge on any atom is -0.396 e. The predicted octanol–water partition coefficient (Wildman–Crippen LogP) is 1.38. The van der Waals surface area contributed by atoms with Gasteiger partial charge in [0.15, 0.2) is 5.65 Å². The van der Waals surface area contributed by atoms with Crippen molar-refractivity contribution >= 4 is 11.6 Å². The van der Waals surface area contributed by atoms with Gasteiger partial charge in [-0.3, -0.25) is 4.79 Å². The maximum atomic E-state index is 12.5. The zero-order chi connectivity index (χ0) is 18.0. The van der Waals surface area contributed by atoms with E-state index in [1.54, 1.807) is 4.52 Å². The van der Waals surface area contributed by atoms with Crippen molar-refractivity contribution in [3.63, 3.8) is 0 Å². The second kappa shape index (κ2) is 7.19. The molecule has 3 heterocycles. The molecule has 7 nitrogen and oxygen atoms in total. The molecule has 0 bridgehead atoms. The van der Waals surface area contributed by atoms with Crippen molar-refractivity contribution in [3.05, 3.63) is 28.7 Å². The van der Waals surface area contributed by atoms with Gasteiger partial charge in [-0.2, -0.15) is 10.4 Å². The Morgan fingerprint density at radius 1 is 1.48 bits per heavy atom. The van der Waals surface area contributed by atoms with E-state index in [9.17, 15) is 9.90 Å². The third-order valence-electron chi connectivity index (χ3n) is 5.05. The molecule has 0 aromatic carbocycles. The van der Waals surface area contributed by atoms with Gasteiger partial charge < -0.3 is 10.0 Å². The fourth-order valence-corrected chi connectivity index (χ4v) is 3.58. The lowest BCUT2D eigenvalue weighted by Gasteiger charge is -2.32. The number of amides is 1. The smallest absolute Gasteiger partial charge is 0.222 e. The molecule has 1 fully saturated rings. The summed E-state index contributed by atoms with van der Waals surface area (Å²) in [6.45, 7) is 5.41. The van der Waals surface area contributed by atoms with Gasteiger partial charge in [0.2, 0.25) is 5.91 Å². The molecular formula is C18H23N5O2. The van der Waals surface area contributed by atoms with Gasteiger partial charge in [0.05, 0.1) is 6.20 Å². The SMILES string of the molecule is Cc1nc2c(C#N)cnn2c(C)c1CCC(=O)N1CCCC(CO)C1. The Balaban J connectivity index is 1.75. The van der Waals surface area contributed by atoms with Crippen LogP contribution in [0.15, 0.2) is 6.20 Å². The molecule has 2 aromatic heterocycles. The standard InChI is InChI=1S/C18H23N5O2/c1-12-16(13(2)23-18(21-12)15(8-19)9-20-23)5-6-17(25)22-7-3-4-14(10-22)11-24/h9,14,24H,3-7,10-11H2,1-2H3.